The SMILES string of the molecule is CSc1ccccc1NC(C)c1ccc(OCC#N)cc1. The first kappa shape index (κ1) is 15.3. The zero-order valence-electron chi connectivity index (χ0n) is 12.2. The predicted octanol–water partition coefficient (Wildman–Crippen LogP) is 4.48. The fourth-order valence-electron chi connectivity index (χ4n) is 2.05. The van der Waals surface area contributed by atoms with Crippen LogP contribution in [0.15, 0.2) is 53.4 Å². The largest absolute Gasteiger partial charge is 0.479 e. The van der Waals surface area contributed by atoms with Crippen molar-refractivity contribution >= 4 is 17.4 Å². The Morgan fingerprint density at radius 1 is 1.19 bits per heavy atom. The molecule has 2 aromatic rings. The van der Waals surface area contributed by atoms with Crippen molar-refractivity contribution in [1.29, 1.82) is 5.26 Å². The van der Waals surface area contributed by atoms with E-state index in [1.165, 1.54) is 10.5 Å². The minimum absolute atomic E-state index is 0.0776. The number of thioether (sulfide) groups is 1. The maximum absolute atomic E-state index is 8.50. The van der Waals surface area contributed by atoms with Crippen LogP contribution >= 0.6 is 11.8 Å². The standard InChI is InChI=1S/C17H18N2OS/c1-13(19-16-5-3-4-6-17(16)21-2)14-7-9-15(10-8-14)20-12-11-18/h3-10,13,19H,12H2,1-2H3. The third kappa shape index (κ3) is 4.17. The fraction of sp³-hybridized carbons (Fsp3) is 0.235. The zero-order chi connectivity index (χ0) is 15.1. The van der Waals surface area contributed by atoms with Crippen LogP contribution in [-0.4, -0.2) is 12.9 Å². The van der Waals surface area contributed by atoms with Crippen molar-refractivity contribution in [3.05, 3.63) is 54.1 Å². The number of nitrogens with one attached hydrogen (secondary N) is 1. The van der Waals surface area contributed by atoms with Gasteiger partial charge in [0.1, 0.15) is 11.8 Å². The van der Waals surface area contributed by atoms with Crippen LogP contribution in [0.25, 0.3) is 0 Å². The van der Waals surface area contributed by atoms with Crippen molar-refractivity contribution in [2.75, 3.05) is 18.2 Å². The van der Waals surface area contributed by atoms with Gasteiger partial charge in [-0.05, 0) is 43.0 Å². The Labute approximate surface area is 129 Å². The van der Waals surface area contributed by atoms with E-state index in [0.29, 0.717) is 0 Å². The van der Waals surface area contributed by atoms with Gasteiger partial charge < -0.3 is 10.1 Å². The number of benzene rings is 2. The van der Waals surface area contributed by atoms with Gasteiger partial charge in [-0.2, -0.15) is 5.26 Å². The molecule has 21 heavy (non-hydrogen) atoms. The zero-order valence-corrected chi connectivity index (χ0v) is 13.0. The van der Waals surface area contributed by atoms with Crippen LogP contribution in [0.4, 0.5) is 5.69 Å². The van der Waals surface area contributed by atoms with Crippen molar-refractivity contribution in [1.82, 2.24) is 0 Å². The van der Waals surface area contributed by atoms with Crippen molar-refractivity contribution in [3.8, 4) is 11.8 Å². The Bertz CT molecular complexity index is 619. The molecule has 2 rings (SSSR count). The highest BCUT2D eigenvalue weighted by molar-refractivity contribution is 7.98. The van der Waals surface area contributed by atoms with Crippen molar-refractivity contribution < 1.29 is 4.74 Å². The summed E-state index contributed by atoms with van der Waals surface area (Å²) in [5, 5.41) is 12.0. The number of rotatable bonds is 6. The van der Waals surface area contributed by atoms with Crippen molar-refractivity contribution in [2.45, 2.75) is 17.9 Å². The van der Waals surface area contributed by atoms with E-state index < -0.39 is 0 Å². The van der Waals surface area contributed by atoms with Crippen molar-refractivity contribution in [3.63, 3.8) is 0 Å². The molecule has 0 fully saturated rings. The van der Waals surface area contributed by atoms with Crippen molar-refractivity contribution in [2.24, 2.45) is 0 Å². The first-order chi connectivity index (χ1) is 10.2. The Balaban J connectivity index is 2.06. The minimum atomic E-state index is 0.0776. The number of nitrogens with zero attached hydrogens (tertiary/aromatic N) is 1. The molecule has 0 aliphatic carbocycles. The van der Waals surface area contributed by atoms with Crippen LogP contribution < -0.4 is 10.1 Å². The number of hydrogen-bond donors (Lipinski definition) is 1. The lowest BCUT2D eigenvalue weighted by Gasteiger charge is -2.18. The third-order valence-electron chi connectivity index (χ3n) is 3.16. The molecule has 3 nitrogen and oxygen atoms in total. The molecular formula is C17H18N2OS. The molecule has 2 aromatic carbocycles. The summed E-state index contributed by atoms with van der Waals surface area (Å²) >= 11 is 1.73. The monoisotopic (exact) mass is 298 g/mol. The van der Waals surface area contributed by atoms with Gasteiger partial charge in [0.15, 0.2) is 6.61 Å². The molecular weight excluding hydrogens is 280 g/mol. The lowest BCUT2D eigenvalue weighted by atomic mass is 10.1. The molecule has 4 heteroatoms. The topological polar surface area (TPSA) is 45.0 Å². The second-order valence-electron chi connectivity index (χ2n) is 4.58. The molecule has 108 valence electrons. The average molecular weight is 298 g/mol. The lowest BCUT2D eigenvalue weighted by Crippen LogP contribution is -2.07. The fourth-order valence-corrected chi connectivity index (χ4v) is 2.61. The Morgan fingerprint density at radius 2 is 1.90 bits per heavy atom. The number of nitriles is 1. The van der Waals surface area contributed by atoms with Gasteiger partial charge >= 0.3 is 0 Å². The summed E-state index contributed by atoms with van der Waals surface area (Å²) in [7, 11) is 0. The van der Waals surface area contributed by atoms with Gasteiger partial charge in [-0.25, -0.2) is 0 Å². The van der Waals surface area contributed by atoms with E-state index in [0.717, 1.165) is 11.4 Å². The molecule has 0 spiro atoms. The molecule has 0 amide bonds. The third-order valence-corrected chi connectivity index (χ3v) is 3.96. The lowest BCUT2D eigenvalue weighted by molar-refractivity contribution is 0.368. The molecule has 0 saturated carbocycles. The quantitative estimate of drug-likeness (QED) is 0.798. The van der Waals surface area contributed by atoms with Gasteiger partial charge in [0.05, 0.1) is 0 Å². The van der Waals surface area contributed by atoms with Gasteiger partial charge in [0, 0.05) is 16.6 Å². The highest BCUT2D eigenvalue weighted by atomic mass is 32.2. The highest BCUT2D eigenvalue weighted by Gasteiger charge is 2.08. The molecule has 0 aromatic heterocycles. The first-order valence-electron chi connectivity index (χ1n) is 6.74. The molecule has 0 aliphatic rings. The summed E-state index contributed by atoms with van der Waals surface area (Å²) in [6, 6.07) is 18.3. The van der Waals surface area contributed by atoms with Crippen LogP contribution in [0.3, 0.4) is 0 Å². The summed E-state index contributed by atoms with van der Waals surface area (Å²) in [6.45, 7) is 2.20. The van der Waals surface area contributed by atoms with E-state index in [1.807, 2.05) is 42.5 Å². The Kier molecular flexibility index (Phi) is 5.53. The predicted molar refractivity (Wildman–Crippen MR) is 87.8 cm³/mol. The Hall–Kier alpha value is -2.12. The van der Waals surface area contributed by atoms with E-state index in [-0.39, 0.29) is 12.6 Å². The van der Waals surface area contributed by atoms with E-state index in [2.05, 4.69) is 30.6 Å². The maximum Gasteiger partial charge on any atom is 0.174 e. The van der Waals surface area contributed by atoms with E-state index in [9.17, 15) is 0 Å². The van der Waals surface area contributed by atoms with Gasteiger partial charge in [-0.1, -0.05) is 24.3 Å². The number of hydrogen-bond acceptors (Lipinski definition) is 4. The Morgan fingerprint density at radius 3 is 2.57 bits per heavy atom. The average Bonchev–Trinajstić information content (AvgIpc) is 2.54. The minimum Gasteiger partial charge on any atom is -0.479 e. The summed E-state index contributed by atoms with van der Waals surface area (Å²) in [6.07, 6.45) is 2.08. The molecule has 1 atom stereocenters. The van der Waals surface area contributed by atoms with E-state index >= 15 is 0 Å². The number of anilines is 1. The maximum atomic E-state index is 8.50. The molecule has 0 bridgehead atoms. The second-order valence-corrected chi connectivity index (χ2v) is 5.43. The van der Waals surface area contributed by atoms with Gasteiger partial charge in [0.25, 0.3) is 0 Å². The smallest absolute Gasteiger partial charge is 0.174 e. The molecule has 1 N–H and O–H groups in total. The van der Waals surface area contributed by atoms with Crippen LogP contribution in [0.1, 0.15) is 18.5 Å². The summed E-state index contributed by atoms with van der Waals surface area (Å²) in [4.78, 5) is 1.23. The molecule has 0 aliphatic heterocycles. The van der Waals surface area contributed by atoms with Gasteiger partial charge in [-0.15, -0.1) is 11.8 Å². The van der Waals surface area contributed by atoms with Crippen LogP contribution in [-0.2, 0) is 0 Å². The molecule has 0 saturated heterocycles. The second kappa shape index (κ2) is 7.61. The van der Waals surface area contributed by atoms with Gasteiger partial charge in [0.2, 0.25) is 0 Å². The van der Waals surface area contributed by atoms with Gasteiger partial charge in [-0.3, -0.25) is 0 Å². The molecule has 0 heterocycles. The summed E-state index contributed by atoms with van der Waals surface area (Å²) < 4.78 is 5.26. The molecule has 0 radical (unpaired) electrons. The highest BCUT2D eigenvalue weighted by Crippen LogP contribution is 2.28. The normalized spacial score (nSPS) is 11.5. The van der Waals surface area contributed by atoms with Crippen LogP contribution in [0.5, 0.6) is 5.75 Å². The summed E-state index contributed by atoms with van der Waals surface area (Å²) in [5.41, 5.74) is 2.32. The van der Waals surface area contributed by atoms with Crippen LogP contribution in [0.2, 0.25) is 0 Å². The number of para-hydroxylation sites is 1. The first-order valence-corrected chi connectivity index (χ1v) is 7.96. The number of ether oxygens (including phenoxy) is 1. The van der Waals surface area contributed by atoms with E-state index in [4.69, 9.17) is 10.00 Å². The summed E-state index contributed by atoms with van der Waals surface area (Å²) in [5.74, 6) is 0.719. The van der Waals surface area contributed by atoms with Crippen LogP contribution in [0, 0.1) is 11.3 Å². The molecule has 1 unspecified atom stereocenters. The van der Waals surface area contributed by atoms with E-state index in [1.54, 1.807) is 11.8 Å².